The predicted octanol–water partition coefficient (Wildman–Crippen LogP) is 3.03. The van der Waals surface area contributed by atoms with Crippen molar-refractivity contribution >= 4 is 6.09 Å². The smallest absolute Gasteiger partial charge is 0.407 e. The molecular formula is C16H26N2O2. The van der Waals surface area contributed by atoms with Crippen LogP contribution in [0.5, 0.6) is 0 Å². The van der Waals surface area contributed by atoms with Crippen molar-refractivity contribution in [3.05, 3.63) is 35.9 Å². The van der Waals surface area contributed by atoms with Crippen LogP contribution in [0.3, 0.4) is 0 Å². The first-order valence-corrected chi connectivity index (χ1v) is 6.98. The number of rotatable bonds is 5. The van der Waals surface area contributed by atoms with Gasteiger partial charge in [-0.2, -0.15) is 0 Å². The molecule has 1 rings (SSSR count). The summed E-state index contributed by atoms with van der Waals surface area (Å²) in [4.78, 5) is 13.8. The quantitative estimate of drug-likeness (QED) is 0.900. The third-order valence-electron chi connectivity index (χ3n) is 2.64. The molecule has 0 heterocycles. The van der Waals surface area contributed by atoms with Gasteiger partial charge in [0.1, 0.15) is 5.60 Å². The zero-order valence-corrected chi connectivity index (χ0v) is 13.1. The van der Waals surface area contributed by atoms with Gasteiger partial charge in [-0.05, 0) is 40.3 Å². The molecule has 0 saturated heterocycles. The highest BCUT2D eigenvalue weighted by Crippen LogP contribution is 2.07. The number of carbonyl (C=O) groups excluding carboxylic acids is 1. The lowest BCUT2D eigenvalue weighted by molar-refractivity contribution is 0.0499. The van der Waals surface area contributed by atoms with Crippen LogP contribution in [0.1, 0.15) is 33.3 Å². The number of carbonyl (C=O) groups is 1. The summed E-state index contributed by atoms with van der Waals surface area (Å²) in [5.41, 5.74) is 0.805. The van der Waals surface area contributed by atoms with Gasteiger partial charge in [0.25, 0.3) is 0 Å². The Morgan fingerprint density at radius 2 is 1.90 bits per heavy atom. The zero-order chi connectivity index (χ0) is 15.2. The van der Waals surface area contributed by atoms with Gasteiger partial charge in [-0.3, -0.25) is 0 Å². The Labute approximate surface area is 122 Å². The van der Waals surface area contributed by atoms with E-state index in [9.17, 15) is 4.79 Å². The second-order valence-electron chi connectivity index (χ2n) is 6.23. The van der Waals surface area contributed by atoms with Gasteiger partial charge >= 0.3 is 6.09 Å². The highest BCUT2D eigenvalue weighted by Gasteiger charge is 2.18. The fourth-order valence-corrected chi connectivity index (χ4v) is 1.98. The molecule has 112 valence electrons. The number of nitrogens with zero attached hydrogens (tertiary/aromatic N) is 1. The first kappa shape index (κ1) is 16.5. The van der Waals surface area contributed by atoms with E-state index in [4.69, 9.17) is 4.74 Å². The predicted molar refractivity (Wildman–Crippen MR) is 81.6 cm³/mol. The molecule has 0 spiro atoms. The average molecular weight is 278 g/mol. The topological polar surface area (TPSA) is 41.6 Å². The van der Waals surface area contributed by atoms with Crippen molar-refractivity contribution in [1.29, 1.82) is 0 Å². The van der Waals surface area contributed by atoms with E-state index in [1.54, 1.807) is 0 Å². The minimum absolute atomic E-state index is 0.0403. The van der Waals surface area contributed by atoms with Crippen LogP contribution in [0.2, 0.25) is 0 Å². The summed E-state index contributed by atoms with van der Waals surface area (Å²) in [5.74, 6) is 0. The molecule has 1 unspecified atom stereocenters. The molecule has 0 aliphatic rings. The van der Waals surface area contributed by atoms with Crippen LogP contribution in [0.15, 0.2) is 30.3 Å². The fourth-order valence-electron chi connectivity index (χ4n) is 1.98. The lowest BCUT2D eigenvalue weighted by Gasteiger charge is -2.24. The van der Waals surface area contributed by atoms with Crippen LogP contribution in [0.25, 0.3) is 0 Å². The van der Waals surface area contributed by atoms with Gasteiger partial charge in [-0.1, -0.05) is 30.3 Å². The number of nitrogens with one attached hydrogen (secondary N) is 1. The SMILES string of the molecule is CC(CN(C)Cc1ccccc1)NC(=O)OC(C)(C)C. The van der Waals surface area contributed by atoms with E-state index in [0.717, 1.165) is 13.1 Å². The molecule has 4 nitrogen and oxygen atoms in total. The van der Waals surface area contributed by atoms with Gasteiger partial charge in [0, 0.05) is 19.1 Å². The maximum atomic E-state index is 11.7. The van der Waals surface area contributed by atoms with E-state index in [2.05, 4.69) is 22.3 Å². The highest BCUT2D eigenvalue weighted by molar-refractivity contribution is 5.68. The van der Waals surface area contributed by atoms with E-state index in [0.29, 0.717) is 0 Å². The largest absolute Gasteiger partial charge is 0.444 e. The molecule has 20 heavy (non-hydrogen) atoms. The van der Waals surface area contributed by atoms with Crippen LogP contribution in [-0.2, 0) is 11.3 Å². The van der Waals surface area contributed by atoms with Crippen molar-refractivity contribution < 1.29 is 9.53 Å². The second-order valence-corrected chi connectivity index (χ2v) is 6.23. The van der Waals surface area contributed by atoms with Crippen molar-refractivity contribution in [2.45, 2.75) is 45.9 Å². The third-order valence-corrected chi connectivity index (χ3v) is 2.64. The molecule has 0 aromatic heterocycles. The number of likely N-dealkylation sites (N-methyl/N-ethyl adjacent to an activating group) is 1. The molecule has 0 bridgehead atoms. The zero-order valence-electron chi connectivity index (χ0n) is 13.1. The number of alkyl carbamates (subject to hydrolysis) is 1. The molecule has 0 saturated carbocycles. The van der Waals surface area contributed by atoms with Gasteiger partial charge in [-0.15, -0.1) is 0 Å². The number of hydrogen-bond acceptors (Lipinski definition) is 3. The Bertz CT molecular complexity index is 412. The lowest BCUT2D eigenvalue weighted by Crippen LogP contribution is -2.42. The molecular weight excluding hydrogens is 252 g/mol. The summed E-state index contributed by atoms with van der Waals surface area (Å²) in [6.45, 7) is 9.19. The Morgan fingerprint density at radius 3 is 2.45 bits per heavy atom. The standard InChI is InChI=1S/C16H26N2O2/c1-13(17-15(19)20-16(2,3)4)11-18(5)12-14-9-7-6-8-10-14/h6-10,13H,11-12H2,1-5H3,(H,17,19). The summed E-state index contributed by atoms with van der Waals surface area (Å²) in [6, 6.07) is 10.3. The first-order valence-electron chi connectivity index (χ1n) is 6.98. The molecule has 0 aliphatic carbocycles. The number of hydrogen-bond donors (Lipinski definition) is 1. The summed E-state index contributed by atoms with van der Waals surface area (Å²) < 4.78 is 5.24. The van der Waals surface area contributed by atoms with Crippen LogP contribution in [0, 0.1) is 0 Å². The maximum absolute atomic E-state index is 11.7. The second kappa shape index (κ2) is 7.29. The van der Waals surface area contributed by atoms with Crippen molar-refractivity contribution in [3.63, 3.8) is 0 Å². The molecule has 1 aromatic rings. The first-order chi connectivity index (χ1) is 9.26. The molecule has 0 radical (unpaired) electrons. The van der Waals surface area contributed by atoms with Crippen LogP contribution < -0.4 is 5.32 Å². The normalized spacial score (nSPS) is 13.1. The summed E-state index contributed by atoms with van der Waals surface area (Å²) in [6.07, 6.45) is -0.363. The molecule has 0 fully saturated rings. The van der Waals surface area contributed by atoms with Gasteiger partial charge in [0.05, 0.1) is 0 Å². The van der Waals surface area contributed by atoms with Gasteiger partial charge in [-0.25, -0.2) is 4.79 Å². The van der Waals surface area contributed by atoms with Gasteiger partial charge < -0.3 is 15.0 Å². The van der Waals surface area contributed by atoms with Crippen LogP contribution >= 0.6 is 0 Å². The van der Waals surface area contributed by atoms with E-state index < -0.39 is 5.60 Å². The Kier molecular flexibility index (Phi) is 6.02. The van der Waals surface area contributed by atoms with Crippen molar-refractivity contribution in [2.24, 2.45) is 0 Å². The van der Waals surface area contributed by atoms with Crippen molar-refractivity contribution in [1.82, 2.24) is 10.2 Å². The molecule has 1 N–H and O–H groups in total. The molecule has 1 amide bonds. The summed E-state index contributed by atoms with van der Waals surface area (Å²) in [5, 5.41) is 2.85. The van der Waals surface area contributed by atoms with E-state index in [1.807, 2.05) is 52.9 Å². The Hall–Kier alpha value is -1.55. The molecule has 4 heteroatoms. The minimum atomic E-state index is -0.459. The van der Waals surface area contributed by atoms with Gasteiger partial charge in [0.15, 0.2) is 0 Å². The molecule has 1 aromatic carbocycles. The Morgan fingerprint density at radius 1 is 1.30 bits per heavy atom. The molecule has 1 atom stereocenters. The third kappa shape index (κ3) is 7.14. The number of benzene rings is 1. The lowest BCUT2D eigenvalue weighted by atomic mass is 10.2. The number of amides is 1. The summed E-state index contributed by atoms with van der Waals surface area (Å²) >= 11 is 0. The van der Waals surface area contributed by atoms with E-state index in [-0.39, 0.29) is 12.1 Å². The van der Waals surface area contributed by atoms with Crippen LogP contribution in [-0.4, -0.2) is 36.2 Å². The van der Waals surface area contributed by atoms with E-state index >= 15 is 0 Å². The van der Waals surface area contributed by atoms with Crippen LogP contribution in [0.4, 0.5) is 4.79 Å². The van der Waals surface area contributed by atoms with Crippen molar-refractivity contribution in [2.75, 3.05) is 13.6 Å². The van der Waals surface area contributed by atoms with Crippen molar-refractivity contribution in [3.8, 4) is 0 Å². The highest BCUT2D eigenvalue weighted by atomic mass is 16.6. The minimum Gasteiger partial charge on any atom is -0.444 e. The van der Waals surface area contributed by atoms with E-state index in [1.165, 1.54) is 5.56 Å². The summed E-state index contributed by atoms with van der Waals surface area (Å²) in [7, 11) is 2.04. The maximum Gasteiger partial charge on any atom is 0.407 e. The Balaban J connectivity index is 2.34. The van der Waals surface area contributed by atoms with Gasteiger partial charge in [0.2, 0.25) is 0 Å². The number of ether oxygens (including phenoxy) is 1. The monoisotopic (exact) mass is 278 g/mol. The fraction of sp³-hybridized carbons (Fsp3) is 0.562. The molecule has 0 aliphatic heterocycles. The average Bonchev–Trinajstić information content (AvgIpc) is 2.26.